The molecule has 1 aromatic rings. The third-order valence-electron chi connectivity index (χ3n) is 6.88. The Morgan fingerprint density at radius 3 is 2.70 bits per heavy atom. The minimum Gasteiger partial charge on any atom is -0.368 e. The van der Waals surface area contributed by atoms with Gasteiger partial charge in [0.05, 0.1) is 6.67 Å². The van der Waals surface area contributed by atoms with Crippen LogP contribution in [0, 0.1) is 0 Å². The number of hydrogen-bond donors (Lipinski definition) is 1. The first kappa shape index (κ1) is 19.5. The van der Waals surface area contributed by atoms with Crippen molar-refractivity contribution in [3.8, 4) is 0 Å². The highest BCUT2D eigenvalue weighted by Crippen LogP contribution is 2.39. The van der Waals surface area contributed by atoms with E-state index < -0.39 is 5.54 Å². The highest BCUT2D eigenvalue weighted by Gasteiger charge is 2.54. The molecule has 1 aliphatic carbocycles. The Bertz CT molecular complexity index is 860. The summed E-state index contributed by atoms with van der Waals surface area (Å²) in [5.41, 5.74) is 1.15. The van der Waals surface area contributed by atoms with Crippen LogP contribution in [0.3, 0.4) is 0 Å². The monoisotopic (exact) mass is 412 g/mol. The fourth-order valence-electron chi connectivity index (χ4n) is 5.23. The van der Waals surface area contributed by atoms with E-state index in [-0.39, 0.29) is 30.6 Å². The van der Waals surface area contributed by atoms with E-state index in [1.165, 1.54) is 4.90 Å². The van der Waals surface area contributed by atoms with Crippen LogP contribution in [0.5, 0.6) is 0 Å². The van der Waals surface area contributed by atoms with Gasteiger partial charge in [-0.25, -0.2) is 9.69 Å². The van der Waals surface area contributed by atoms with Crippen LogP contribution in [-0.4, -0.2) is 78.1 Å². The van der Waals surface area contributed by atoms with E-state index >= 15 is 0 Å². The molecule has 0 unspecified atom stereocenters. The van der Waals surface area contributed by atoms with Gasteiger partial charge in [-0.2, -0.15) is 0 Å². The van der Waals surface area contributed by atoms with Crippen LogP contribution in [0.2, 0.25) is 0 Å². The number of amides is 4. The average molecular weight is 412 g/mol. The Labute approximate surface area is 176 Å². The van der Waals surface area contributed by atoms with Gasteiger partial charge in [-0.05, 0) is 43.2 Å². The molecule has 30 heavy (non-hydrogen) atoms. The molecule has 4 amide bonds. The Morgan fingerprint density at radius 1 is 1.13 bits per heavy atom. The maximum Gasteiger partial charge on any atom is 0.326 e. The normalized spacial score (nSPS) is 29.4. The third kappa shape index (κ3) is 3.18. The number of ether oxygens (including phenoxy) is 1. The van der Waals surface area contributed by atoms with E-state index in [9.17, 15) is 14.4 Å². The van der Waals surface area contributed by atoms with Crippen LogP contribution in [0.4, 0.5) is 4.79 Å². The summed E-state index contributed by atoms with van der Waals surface area (Å²) < 4.78 is 5.51. The molecule has 8 heteroatoms. The van der Waals surface area contributed by atoms with Gasteiger partial charge >= 0.3 is 6.03 Å². The van der Waals surface area contributed by atoms with Crippen LogP contribution < -0.4 is 5.32 Å². The average Bonchev–Trinajstić information content (AvgIpc) is 3.38. The van der Waals surface area contributed by atoms with Crippen molar-refractivity contribution in [1.29, 1.82) is 0 Å². The molecule has 5 rings (SSSR count). The van der Waals surface area contributed by atoms with Crippen molar-refractivity contribution in [2.45, 2.75) is 43.7 Å². The molecule has 0 radical (unpaired) electrons. The van der Waals surface area contributed by atoms with Gasteiger partial charge in [0, 0.05) is 32.8 Å². The number of nitrogens with zero attached hydrogens (tertiary/aromatic N) is 3. The summed E-state index contributed by atoms with van der Waals surface area (Å²) >= 11 is 0. The van der Waals surface area contributed by atoms with Gasteiger partial charge in [0.1, 0.15) is 11.6 Å². The zero-order chi connectivity index (χ0) is 20.7. The van der Waals surface area contributed by atoms with Crippen molar-refractivity contribution in [1.82, 2.24) is 20.0 Å². The van der Waals surface area contributed by atoms with Crippen molar-refractivity contribution >= 4 is 17.8 Å². The molecule has 8 nitrogen and oxygen atoms in total. The number of fused-ring (bicyclic) bond motifs is 2. The van der Waals surface area contributed by atoms with E-state index in [4.69, 9.17) is 4.74 Å². The SMILES string of the molecule is O=C([C@H]1CCCO1)N1CCN(CN2C(=O)N[C@@]3(CCCc4ccccc43)C2=O)CC1. The molecule has 160 valence electrons. The van der Waals surface area contributed by atoms with Crippen LogP contribution in [-0.2, 0) is 26.3 Å². The number of carbonyl (C=O) groups excluding carboxylic acids is 3. The maximum absolute atomic E-state index is 13.4. The molecule has 2 atom stereocenters. The summed E-state index contributed by atoms with van der Waals surface area (Å²) in [4.78, 5) is 44.0. The molecular weight excluding hydrogens is 384 g/mol. The molecule has 1 aromatic carbocycles. The summed E-state index contributed by atoms with van der Waals surface area (Å²) in [6, 6.07) is 7.59. The predicted octanol–water partition coefficient (Wildman–Crippen LogP) is 1.05. The minimum atomic E-state index is -0.927. The predicted molar refractivity (Wildman–Crippen MR) is 108 cm³/mol. The summed E-state index contributed by atoms with van der Waals surface area (Å²) in [7, 11) is 0. The fourth-order valence-corrected chi connectivity index (χ4v) is 5.23. The number of hydrogen-bond acceptors (Lipinski definition) is 5. The molecule has 3 aliphatic heterocycles. The third-order valence-corrected chi connectivity index (χ3v) is 6.88. The largest absolute Gasteiger partial charge is 0.368 e. The van der Waals surface area contributed by atoms with Gasteiger partial charge in [0.2, 0.25) is 0 Å². The van der Waals surface area contributed by atoms with Crippen molar-refractivity contribution in [3.63, 3.8) is 0 Å². The number of carbonyl (C=O) groups is 3. The first-order valence-electron chi connectivity index (χ1n) is 10.9. The van der Waals surface area contributed by atoms with Crippen molar-refractivity contribution in [3.05, 3.63) is 35.4 Å². The Hall–Kier alpha value is -2.45. The van der Waals surface area contributed by atoms with Crippen LogP contribution in [0.25, 0.3) is 0 Å². The smallest absolute Gasteiger partial charge is 0.326 e. The second kappa shape index (κ2) is 7.67. The highest BCUT2D eigenvalue weighted by molar-refractivity contribution is 6.07. The number of benzene rings is 1. The van der Waals surface area contributed by atoms with E-state index in [2.05, 4.69) is 10.2 Å². The molecule has 3 fully saturated rings. The highest BCUT2D eigenvalue weighted by atomic mass is 16.5. The Morgan fingerprint density at radius 2 is 1.93 bits per heavy atom. The zero-order valence-electron chi connectivity index (χ0n) is 17.1. The lowest BCUT2D eigenvalue weighted by molar-refractivity contribution is -0.143. The van der Waals surface area contributed by atoms with E-state index in [1.54, 1.807) is 0 Å². The number of imide groups is 1. The fraction of sp³-hybridized carbons (Fsp3) is 0.591. The van der Waals surface area contributed by atoms with Crippen LogP contribution in [0.1, 0.15) is 36.8 Å². The summed E-state index contributed by atoms with van der Waals surface area (Å²) in [6.07, 6.45) is 3.88. The number of rotatable bonds is 3. The second-order valence-electron chi connectivity index (χ2n) is 8.67. The van der Waals surface area contributed by atoms with Gasteiger partial charge in [-0.3, -0.25) is 14.5 Å². The Balaban J connectivity index is 1.24. The van der Waals surface area contributed by atoms with E-state index in [0.29, 0.717) is 39.2 Å². The number of aryl methyl sites for hydroxylation is 1. The molecule has 0 saturated carbocycles. The van der Waals surface area contributed by atoms with Crippen molar-refractivity contribution < 1.29 is 19.1 Å². The lowest BCUT2D eigenvalue weighted by Crippen LogP contribution is -2.54. The quantitative estimate of drug-likeness (QED) is 0.751. The summed E-state index contributed by atoms with van der Waals surface area (Å²) in [5.74, 6) is -0.0857. The first-order chi connectivity index (χ1) is 14.6. The van der Waals surface area contributed by atoms with Crippen molar-refractivity contribution in [2.75, 3.05) is 39.5 Å². The molecule has 3 saturated heterocycles. The van der Waals surface area contributed by atoms with Gasteiger partial charge in [0.25, 0.3) is 11.8 Å². The lowest BCUT2D eigenvalue weighted by Gasteiger charge is -2.37. The van der Waals surface area contributed by atoms with Crippen LogP contribution >= 0.6 is 0 Å². The molecule has 3 heterocycles. The number of urea groups is 1. The minimum absolute atomic E-state index is 0.0694. The van der Waals surface area contributed by atoms with E-state index in [1.807, 2.05) is 29.2 Å². The molecule has 4 aliphatic rings. The van der Waals surface area contributed by atoms with Gasteiger partial charge in [0.15, 0.2) is 0 Å². The summed E-state index contributed by atoms with van der Waals surface area (Å²) in [6.45, 7) is 3.38. The topological polar surface area (TPSA) is 82.2 Å². The molecule has 1 N–H and O–H groups in total. The molecular formula is C22H28N4O4. The van der Waals surface area contributed by atoms with E-state index in [0.717, 1.165) is 36.8 Å². The number of nitrogens with one attached hydrogen (secondary N) is 1. The van der Waals surface area contributed by atoms with Gasteiger partial charge < -0.3 is 15.0 Å². The lowest BCUT2D eigenvalue weighted by atomic mass is 9.76. The molecule has 0 aromatic heterocycles. The van der Waals surface area contributed by atoms with Gasteiger partial charge in [-0.15, -0.1) is 0 Å². The first-order valence-corrected chi connectivity index (χ1v) is 10.9. The second-order valence-corrected chi connectivity index (χ2v) is 8.67. The van der Waals surface area contributed by atoms with Crippen LogP contribution in [0.15, 0.2) is 24.3 Å². The molecule has 1 spiro atoms. The molecule has 0 bridgehead atoms. The maximum atomic E-state index is 13.4. The summed E-state index contributed by atoms with van der Waals surface area (Å²) in [5, 5.41) is 3.01. The zero-order valence-corrected chi connectivity index (χ0v) is 17.1. The Kier molecular flexibility index (Phi) is 4.99. The van der Waals surface area contributed by atoms with Gasteiger partial charge in [-0.1, -0.05) is 24.3 Å². The number of piperazine rings is 1. The standard InChI is InChI=1S/C22H28N4O4/c27-19(18-8-4-14-30-18)25-12-10-24(11-13-25)15-26-20(28)22(23-21(26)29)9-3-6-16-5-1-2-7-17(16)22/h1-2,5,7,18H,3-4,6,8-15H2,(H,23,29)/t18-,22-/m1/s1. The van der Waals surface area contributed by atoms with Crippen molar-refractivity contribution in [2.24, 2.45) is 0 Å².